The molecule has 1 aromatic heterocycles. The van der Waals surface area contributed by atoms with Gasteiger partial charge in [0.15, 0.2) is 9.84 Å². The second-order valence-electron chi connectivity index (χ2n) is 7.96. The largest absolute Gasteiger partial charge is 0.473 e. The molecule has 164 valence electrons. The minimum absolute atomic E-state index is 0.00905. The number of aromatic nitrogens is 1. The number of benzene rings is 1. The summed E-state index contributed by atoms with van der Waals surface area (Å²) in [5.74, 6) is -0.325. The molecule has 31 heavy (non-hydrogen) atoms. The van der Waals surface area contributed by atoms with Crippen LogP contribution in [0.5, 0.6) is 5.88 Å². The molecule has 2 saturated heterocycles. The van der Waals surface area contributed by atoms with E-state index in [0.717, 1.165) is 11.1 Å². The lowest BCUT2D eigenvalue weighted by Crippen LogP contribution is -2.39. The van der Waals surface area contributed by atoms with Crippen molar-refractivity contribution in [2.45, 2.75) is 32.0 Å². The van der Waals surface area contributed by atoms with Crippen LogP contribution in [0.2, 0.25) is 0 Å². The van der Waals surface area contributed by atoms with Crippen LogP contribution in [0, 0.1) is 5.92 Å². The van der Waals surface area contributed by atoms with E-state index in [1.54, 1.807) is 17.2 Å². The molecule has 9 heteroatoms. The fourth-order valence-corrected chi connectivity index (χ4v) is 5.75. The normalized spacial score (nSPS) is 22.5. The summed E-state index contributed by atoms with van der Waals surface area (Å²) < 4.78 is 29.3. The first-order chi connectivity index (χ1) is 14.9. The molecule has 3 heterocycles. The number of likely N-dealkylation sites (tertiary alicyclic amines) is 1. The molecule has 2 aliphatic rings. The van der Waals surface area contributed by atoms with E-state index in [4.69, 9.17) is 4.74 Å². The maximum Gasteiger partial charge on any atom is 0.225 e. The van der Waals surface area contributed by atoms with E-state index in [1.165, 1.54) is 0 Å². The first-order valence-corrected chi connectivity index (χ1v) is 12.1. The van der Waals surface area contributed by atoms with Gasteiger partial charge in [0.1, 0.15) is 6.61 Å². The Labute approximate surface area is 181 Å². The highest BCUT2D eigenvalue weighted by molar-refractivity contribution is 7.91. The first-order valence-electron chi connectivity index (χ1n) is 10.3. The third kappa shape index (κ3) is 5.22. The highest BCUT2D eigenvalue weighted by Crippen LogP contribution is 2.26. The number of amides is 2. The Bertz CT molecular complexity index is 1060. The van der Waals surface area contributed by atoms with E-state index in [-0.39, 0.29) is 48.9 Å². The van der Waals surface area contributed by atoms with Gasteiger partial charge in [-0.15, -0.1) is 0 Å². The van der Waals surface area contributed by atoms with Crippen LogP contribution in [0.1, 0.15) is 24.0 Å². The van der Waals surface area contributed by atoms with Crippen LogP contribution in [0.4, 0.5) is 0 Å². The Balaban J connectivity index is 1.32. The Morgan fingerprint density at radius 1 is 1.19 bits per heavy atom. The van der Waals surface area contributed by atoms with Crippen LogP contribution >= 0.6 is 0 Å². The Morgan fingerprint density at radius 3 is 2.74 bits per heavy atom. The van der Waals surface area contributed by atoms with Gasteiger partial charge in [0, 0.05) is 37.3 Å². The van der Waals surface area contributed by atoms with Gasteiger partial charge < -0.3 is 15.0 Å². The van der Waals surface area contributed by atoms with Crippen molar-refractivity contribution in [1.29, 1.82) is 0 Å². The van der Waals surface area contributed by atoms with E-state index < -0.39 is 15.8 Å². The number of carbonyl (C=O) groups excluding carboxylic acids is 2. The second kappa shape index (κ2) is 9.05. The molecule has 8 nitrogen and oxygen atoms in total. The van der Waals surface area contributed by atoms with Crippen LogP contribution in [-0.2, 0) is 32.6 Å². The average molecular weight is 444 g/mol. The average Bonchev–Trinajstić information content (AvgIpc) is 3.33. The maximum absolute atomic E-state index is 12.7. The Kier molecular flexibility index (Phi) is 6.22. The van der Waals surface area contributed by atoms with Gasteiger partial charge >= 0.3 is 0 Å². The lowest BCUT2D eigenvalue weighted by Gasteiger charge is -2.23. The molecule has 0 spiro atoms. The van der Waals surface area contributed by atoms with Crippen molar-refractivity contribution in [3.8, 4) is 5.88 Å². The first kappa shape index (κ1) is 21.3. The number of nitrogens with one attached hydrogen (secondary N) is 1. The number of sulfone groups is 1. The molecule has 0 radical (unpaired) electrons. The lowest BCUT2D eigenvalue weighted by atomic mass is 10.1. The van der Waals surface area contributed by atoms with Crippen molar-refractivity contribution in [1.82, 2.24) is 15.2 Å². The molecule has 2 amide bonds. The number of nitrogens with zero attached hydrogens (tertiary/aromatic N) is 2. The molecule has 2 aromatic rings. The molecule has 2 aliphatic heterocycles. The summed E-state index contributed by atoms with van der Waals surface area (Å²) in [6.07, 6.45) is 2.18. The second-order valence-corrected chi connectivity index (χ2v) is 10.2. The third-order valence-electron chi connectivity index (χ3n) is 5.70. The van der Waals surface area contributed by atoms with Crippen LogP contribution in [0.25, 0.3) is 0 Å². The zero-order valence-electron chi connectivity index (χ0n) is 17.1. The van der Waals surface area contributed by atoms with Crippen molar-refractivity contribution in [3.63, 3.8) is 0 Å². The summed E-state index contributed by atoms with van der Waals surface area (Å²) in [5.41, 5.74) is 1.76. The standard InChI is InChI=1S/C22H25N3O5S/c26-20-11-18(13-25(20)19-8-10-31(28,29)15-19)21(27)24-12-17-7-4-9-23-22(17)30-14-16-5-2-1-3-6-16/h1-7,9,18-19H,8,10-15H2,(H,24,27)/t18-,19-/m0/s1. The van der Waals surface area contributed by atoms with Gasteiger partial charge in [-0.3, -0.25) is 9.59 Å². The molecule has 2 atom stereocenters. The molecule has 0 saturated carbocycles. The molecule has 0 aliphatic carbocycles. The topological polar surface area (TPSA) is 106 Å². The summed E-state index contributed by atoms with van der Waals surface area (Å²) in [4.78, 5) is 30.9. The predicted molar refractivity (Wildman–Crippen MR) is 114 cm³/mol. The summed E-state index contributed by atoms with van der Waals surface area (Å²) in [6.45, 7) is 0.865. The molecule has 0 bridgehead atoms. The van der Waals surface area contributed by atoms with Gasteiger partial charge in [-0.25, -0.2) is 13.4 Å². The van der Waals surface area contributed by atoms with Gasteiger partial charge in [0.05, 0.1) is 17.4 Å². The molecular formula is C22H25N3O5S. The smallest absolute Gasteiger partial charge is 0.225 e. The highest BCUT2D eigenvalue weighted by Gasteiger charge is 2.41. The van der Waals surface area contributed by atoms with E-state index in [9.17, 15) is 18.0 Å². The van der Waals surface area contributed by atoms with Crippen molar-refractivity contribution in [2.24, 2.45) is 5.92 Å². The van der Waals surface area contributed by atoms with E-state index in [2.05, 4.69) is 10.3 Å². The number of carbonyl (C=O) groups is 2. The Hall–Kier alpha value is -2.94. The molecule has 0 unspecified atom stereocenters. The molecule has 1 N–H and O–H groups in total. The Morgan fingerprint density at radius 2 is 2.00 bits per heavy atom. The van der Waals surface area contributed by atoms with Crippen molar-refractivity contribution in [3.05, 3.63) is 59.8 Å². The van der Waals surface area contributed by atoms with E-state index in [0.29, 0.717) is 18.9 Å². The molecule has 1 aromatic carbocycles. The van der Waals surface area contributed by atoms with Gasteiger partial charge in [0.2, 0.25) is 17.7 Å². The zero-order chi connectivity index (χ0) is 21.8. The molecule has 2 fully saturated rings. The van der Waals surface area contributed by atoms with Gasteiger partial charge in [0.25, 0.3) is 0 Å². The van der Waals surface area contributed by atoms with Crippen LogP contribution in [0.3, 0.4) is 0 Å². The summed E-state index contributed by atoms with van der Waals surface area (Å²) in [6, 6.07) is 13.0. The lowest BCUT2D eigenvalue weighted by molar-refractivity contribution is -0.130. The fourth-order valence-electron chi connectivity index (χ4n) is 4.02. The minimum Gasteiger partial charge on any atom is -0.473 e. The van der Waals surface area contributed by atoms with E-state index >= 15 is 0 Å². The number of rotatable bonds is 7. The zero-order valence-corrected chi connectivity index (χ0v) is 17.9. The van der Waals surface area contributed by atoms with Crippen LogP contribution in [-0.4, -0.2) is 54.2 Å². The van der Waals surface area contributed by atoms with Crippen molar-refractivity contribution in [2.75, 3.05) is 18.1 Å². The molecular weight excluding hydrogens is 418 g/mol. The third-order valence-corrected chi connectivity index (χ3v) is 7.45. The number of hydrogen-bond donors (Lipinski definition) is 1. The number of ether oxygens (including phenoxy) is 1. The highest BCUT2D eigenvalue weighted by atomic mass is 32.2. The SMILES string of the molecule is O=C(NCc1cccnc1OCc1ccccc1)[C@H]1CC(=O)N([C@H]2CCS(=O)(=O)C2)C1. The van der Waals surface area contributed by atoms with Gasteiger partial charge in [-0.2, -0.15) is 0 Å². The number of pyridine rings is 1. The number of hydrogen-bond acceptors (Lipinski definition) is 6. The quantitative estimate of drug-likeness (QED) is 0.692. The van der Waals surface area contributed by atoms with Crippen LogP contribution < -0.4 is 10.1 Å². The summed E-state index contributed by atoms with van der Waals surface area (Å²) in [7, 11) is -3.09. The molecule has 4 rings (SSSR count). The summed E-state index contributed by atoms with van der Waals surface area (Å²) >= 11 is 0. The van der Waals surface area contributed by atoms with Crippen LogP contribution in [0.15, 0.2) is 48.7 Å². The monoisotopic (exact) mass is 443 g/mol. The van der Waals surface area contributed by atoms with Crippen molar-refractivity contribution < 1.29 is 22.7 Å². The summed E-state index contributed by atoms with van der Waals surface area (Å²) in [5, 5.41) is 2.87. The fraction of sp³-hybridized carbons (Fsp3) is 0.409. The van der Waals surface area contributed by atoms with E-state index in [1.807, 2.05) is 36.4 Å². The van der Waals surface area contributed by atoms with Gasteiger partial charge in [-0.05, 0) is 18.1 Å². The van der Waals surface area contributed by atoms with Gasteiger partial charge in [-0.1, -0.05) is 36.4 Å². The maximum atomic E-state index is 12.7. The van der Waals surface area contributed by atoms with Crippen molar-refractivity contribution >= 4 is 21.7 Å². The predicted octanol–water partition coefficient (Wildman–Crippen LogP) is 1.31. The minimum atomic E-state index is -3.09.